The van der Waals surface area contributed by atoms with Crippen molar-refractivity contribution in [2.75, 3.05) is 31.1 Å². The summed E-state index contributed by atoms with van der Waals surface area (Å²) in [5, 5.41) is 5.13. The van der Waals surface area contributed by atoms with Crippen LogP contribution < -0.4 is 4.90 Å². The second kappa shape index (κ2) is 9.77. The van der Waals surface area contributed by atoms with Crippen LogP contribution in [0, 0.1) is 5.92 Å². The molecule has 5 heterocycles. The van der Waals surface area contributed by atoms with Crippen LogP contribution in [0.3, 0.4) is 0 Å². The number of quaternary nitrogens is 1. The van der Waals surface area contributed by atoms with Gasteiger partial charge < -0.3 is 9.22 Å². The summed E-state index contributed by atoms with van der Waals surface area (Å²) in [6.45, 7) is 5.18. The Bertz CT molecular complexity index is 980. The zero-order chi connectivity index (χ0) is 21.8. The standard InChI is InChI=1S/C26H31N2O2S2/c29-26(27(25-11-6-18-32-25)19-21-7-2-1-3-8-21)30-24-20-28(15-12-22(24)13-16-28)14-4-9-23-10-5-17-31-23/h1-3,5-8,10-11,17-18,22,24H,4,9,12-16,19-20H2/q+1/t22?,24-,28?/m0/s1. The maximum absolute atomic E-state index is 13.4. The number of piperidine rings is 3. The molecule has 1 amide bonds. The molecular weight excluding hydrogens is 436 g/mol. The van der Waals surface area contributed by atoms with Crippen molar-refractivity contribution in [2.24, 2.45) is 5.92 Å². The minimum atomic E-state index is -0.202. The Balaban J connectivity index is 1.24. The fraction of sp³-hybridized carbons (Fsp3) is 0.423. The molecule has 168 valence electrons. The van der Waals surface area contributed by atoms with E-state index in [1.54, 1.807) is 16.2 Å². The first-order chi connectivity index (χ1) is 15.7. The van der Waals surface area contributed by atoms with E-state index in [9.17, 15) is 4.79 Å². The molecule has 0 saturated carbocycles. The van der Waals surface area contributed by atoms with E-state index in [0.717, 1.165) is 28.0 Å². The maximum atomic E-state index is 13.4. The number of fused-ring (bicyclic) bond motifs is 3. The fourth-order valence-corrected chi connectivity index (χ4v) is 6.80. The Hall–Kier alpha value is -2.15. The van der Waals surface area contributed by atoms with Gasteiger partial charge in [-0.1, -0.05) is 36.4 Å². The third-order valence-corrected chi connectivity index (χ3v) is 8.93. The lowest BCUT2D eigenvalue weighted by Crippen LogP contribution is -2.65. The first-order valence-electron chi connectivity index (χ1n) is 11.6. The van der Waals surface area contributed by atoms with Crippen molar-refractivity contribution >= 4 is 33.8 Å². The third kappa shape index (κ3) is 4.92. The minimum absolute atomic E-state index is 0.0324. The molecule has 0 spiro atoms. The highest BCUT2D eigenvalue weighted by Gasteiger charge is 2.47. The molecule has 2 bridgehead atoms. The molecular formula is C26H31N2O2S2+. The van der Waals surface area contributed by atoms with Gasteiger partial charge in [-0.05, 0) is 40.9 Å². The Kier molecular flexibility index (Phi) is 6.62. The number of amides is 1. The lowest BCUT2D eigenvalue weighted by molar-refractivity contribution is -0.946. The van der Waals surface area contributed by atoms with Crippen LogP contribution in [0.5, 0.6) is 0 Å². The van der Waals surface area contributed by atoms with Gasteiger partial charge >= 0.3 is 6.09 Å². The van der Waals surface area contributed by atoms with E-state index in [0.29, 0.717) is 12.5 Å². The van der Waals surface area contributed by atoms with E-state index >= 15 is 0 Å². The molecule has 32 heavy (non-hydrogen) atoms. The number of nitrogens with zero attached hydrogens (tertiary/aromatic N) is 2. The fourth-order valence-electron chi connectivity index (χ4n) is 5.33. The van der Waals surface area contributed by atoms with Crippen molar-refractivity contribution in [1.82, 2.24) is 0 Å². The topological polar surface area (TPSA) is 29.5 Å². The number of benzene rings is 1. The Labute approximate surface area is 198 Å². The largest absolute Gasteiger partial charge is 0.439 e. The average molecular weight is 468 g/mol. The van der Waals surface area contributed by atoms with Gasteiger partial charge in [0.05, 0.1) is 26.2 Å². The molecule has 1 aromatic carbocycles. The van der Waals surface area contributed by atoms with Crippen molar-refractivity contribution in [3.8, 4) is 0 Å². The molecule has 3 aliphatic rings. The number of hydrogen-bond acceptors (Lipinski definition) is 4. The molecule has 4 nitrogen and oxygen atoms in total. The van der Waals surface area contributed by atoms with Gasteiger partial charge in [0, 0.05) is 30.1 Å². The quantitative estimate of drug-likeness (QED) is 0.370. The van der Waals surface area contributed by atoms with E-state index in [-0.39, 0.29) is 12.2 Å². The molecule has 3 saturated heterocycles. The van der Waals surface area contributed by atoms with E-state index in [2.05, 4.69) is 29.6 Å². The number of carbonyl (C=O) groups excluding carboxylic acids is 1. The smallest absolute Gasteiger partial charge is 0.415 e. The van der Waals surface area contributed by atoms with Gasteiger partial charge in [0.1, 0.15) is 11.5 Å². The molecule has 6 heteroatoms. The molecule has 3 aromatic rings. The maximum Gasteiger partial charge on any atom is 0.415 e. The number of carbonyl (C=O) groups is 1. The van der Waals surface area contributed by atoms with Crippen molar-refractivity contribution in [3.63, 3.8) is 0 Å². The normalized spacial score (nSPS) is 24.4. The number of hydrogen-bond donors (Lipinski definition) is 0. The summed E-state index contributed by atoms with van der Waals surface area (Å²) in [5.74, 6) is 0.512. The number of anilines is 1. The van der Waals surface area contributed by atoms with Gasteiger partial charge in [-0.25, -0.2) is 4.79 Å². The zero-order valence-electron chi connectivity index (χ0n) is 18.4. The summed E-state index contributed by atoms with van der Waals surface area (Å²) >= 11 is 3.44. The summed E-state index contributed by atoms with van der Waals surface area (Å²) in [5.41, 5.74) is 1.11. The van der Waals surface area contributed by atoms with Gasteiger partial charge in [-0.2, -0.15) is 0 Å². The van der Waals surface area contributed by atoms with Gasteiger partial charge in [-0.3, -0.25) is 4.90 Å². The van der Waals surface area contributed by atoms with Crippen molar-refractivity contribution in [3.05, 3.63) is 75.8 Å². The third-order valence-electron chi connectivity index (χ3n) is 7.11. The minimum Gasteiger partial charge on any atom is -0.439 e. The SMILES string of the molecule is O=C(O[C@H]1C[N+]2(CCCc3cccs3)CCC1CC2)N(Cc1ccccc1)c1cccs1. The molecule has 0 N–H and O–H groups in total. The van der Waals surface area contributed by atoms with Crippen LogP contribution >= 0.6 is 22.7 Å². The Morgan fingerprint density at radius 3 is 2.50 bits per heavy atom. The Morgan fingerprint density at radius 1 is 1.00 bits per heavy atom. The predicted molar refractivity (Wildman–Crippen MR) is 132 cm³/mol. The number of rotatable bonds is 8. The summed E-state index contributed by atoms with van der Waals surface area (Å²) in [6.07, 6.45) is 4.55. The van der Waals surface area contributed by atoms with Gasteiger partial charge in [0.15, 0.2) is 6.10 Å². The monoisotopic (exact) mass is 467 g/mol. The van der Waals surface area contributed by atoms with Gasteiger partial charge in [0.2, 0.25) is 0 Å². The molecule has 0 radical (unpaired) electrons. The van der Waals surface area contributed by atoms with Crippen molar-refractivity contribution < 1.29 is 14.0 Å². The molecule has 2 aromatic heterocycles. The second-order valence-corrected chi connectivity index (χ2v) is 11.1. The van der Waals surface area contributed by atoms with Crippen molar-refractivity contribution in [2.45, 2.75) is 38.3 Å². The molecule has 3 fully saturated rings. The first kappa shape index (κ1) is 21.7. The predicted octanol–water partition coefficient (Wildman–Crippen LogP) is 6.19. The molecule has 0 aliphatic carbocycles. The van der Waals surface area contributed by atoms with Crippen LogP contribution in [0.1, 0.15) is 29.7 Å². The highest BCUT2D eigenvalue weighted by Crippen LogP contribution is 2.37. The van der Waals surface area contributed by atoms with Crippen LogP contribution in [0.4, 0.5) is 9.80 Å². The summed E-state index contributed by atoms with van der Waals surface area (Å²) in [7, 11) is 0. The van der Waals surface area contributed by atoms with Crippen LogP contribution in [-0.4, -0.2) is 42.9 Å². The molecule has 1 atom stereocenters. The molecule has 0 unspecified atom stereocenters. The van der Waals surface area contributed by atoms with E-state index < -0.39 is 0 Å². The zero-order valence-corrected chi connectivity index (χ0v) is 20.0. The van der Waals surface area contributed by atoms with Crippen LogP contribution in [-0.2, 0) is 17.7 Å². The molecule has 6 rings (SSSR count). The Morgan fingerprint density at radius 2 is 1.78 bits per heavy atom. The van der Waals surface area contributed by atoms with Gasteiger partial charge in [0.25, 0.3) is 0 Å². The van der Waals surface area contributed by atoms with E-state index in [4.69, 9.17) is 4.74 Å². The molecule has 3 aliphatic heterocycles. The highest BCUT2D eigenvalue weighted by molar-refractivity contribution is 7.14. The van der Waals surface area contributed by atoms with Crippen LogP contribution in [0.25, 0.3) is 0 Å². The lowest BCUT2D eigenvalue weighted by Gasteiger charge is -2.52. The number of ether oxygens (including phenoxy) is 1. The summed E-state index contributed by atoms with van der Waals surface area (Å²) < 4.78 is 7.36. The number of aryl methyl sites for hydroxylation is 1. The van der Waals surface area contributed by atoms with Gasteiger partial charge in [-0.15, -0.1) is 22.7 Å². The number of thiophene rings is 2. The summed E-state index contributed by atoms with van der Waals surface area (Å²) in [6, 6.07) is 18.6. The van der Waals surface area contributed by atoms with Crippen LogP contribution in [0.2, 0.25) is 0 Å². The van der Waals surface area contributed by atoms with E-state index in [1.807, 2.05) is 47.0 Å². The van der Waals surface area contributed by atoms with Crippen LogP contribution in [0.15, 0.2) is 65.4 Å². The summed E-state index contributed by atoms with van der Waals surface area (Å²) in [4.78, 5) is 16.7. The highest BCUT2D eigenvalue weighted by atomic mass is 32.1. The lowest BCUT2D eigenvalue weighted by atomic mass is 9.83. The van der Waals surface area contributed by atoms with Crippen molar-refractivity contribution in [1.29, 1.82) is 0 Å². The second-order valence-electron chi connectivity index (χ2n) is 9.16. The van der Waals surface area contributed by atoms with E-state index in [1.165, 1.54) is 43.8 Å². The average Bonchev–Trinajstić information content (AvgIpc) is 3.53. The first-order valence-corrected chi connectivity index (χ1v) is 13.4.